The zero-order valence-corrected chi connectivity index (χ0v) is 22.6. The van der Waals surface area contributed by atoms with E-state index in [4.69, 9.17) is 4.74 Å². The first-order chi connectivity index (χ1) is 16.6. The third-order valence-corrected chi connectivity index (χ3v) is 7.26. The first kappa shape index (κ1) is 28.6. The number of carbonyl (C=O) groups excluding carboxylic acids is 1. The summed E-state index contributed by atoms with van der Waals surface area (Å²) in [4.78, 5) is 28.4. The van der Waals surface area contributed by atoms with Gasteiger partial charge >= 0.3 is 5.97 Å². The minimum absolute atomic E-state index is 0.104. The Morgan fingerprint density at radius 1 is 1.17 bits per heavy atom. The minimum atomic E-state index is -0.909. The number of benzene rings is 2. The van der Waals surface area contributed by atoms with Gasteiger partial charge in [-0.3, -0.25) is 14.5 Å². The van der Waals surface area contributed by atoms with Crippen LogP contribution in [-0.2, 0) is 16.1 Å². The number of anilines is 1. The predicted molar refractivity (Wildman–Crippen MR) is 147 cm³/mol. The smallest absolute Gasteiger partial charge is 0.319 e. The van der Waals surface area contributed by atoms with Gasteiger partial charge in [-0.2, -0.15) is 0 Å². The van der Waals surface area contributed by atoms with Crippen molar-refractivity contribution in [2.75, 3.05) is 25.5 Å². The summed E-state index contributed by atoms with van der Waals surface area (Å²) in [5, 5.41) is 14.2. The van der Waals surface area contributed by atoms with Gasteiger partial charge in [0.1, 0.15) is 10.5 Å². The average Bonchev–Trinajstić information content (AvgIpc) is 2.80. The fourth-order valence-electron chi connectivity index (χ4n) is 3.25. The Labute approximate surface area is 216 Å². The zero-order chi connectivity index (χ0) is 26.0. The molecule has 0 saturated carbocycles. The second-order valence-electron chi connectivity index (χ2n) is 8.48. The highest BCUT2D eigenvalue weighted by atomic mass is 32.2. The third-order valence-electron chi connectivity index (χ3n) is 5.23. The van der Waals surface area contributed by atoms with E-state index < -0.39 is 10.7 Å². The molecule has 0 unspecified atom stereocenters. The molecule has 0 bridgehead atoms. The maximum absolute atomic E-state index is 12.9. The molecule has 2 aromatic rings. The monoisotopic (exact) mass is 514 g/mol. The lowest BCUT2D eigenvalue weighted by molar-refractivity contribution is -0.138. The highest BCUT2D eigenvalue weighted by molar-refractivity contribution is 8.05. The van der Waals surface area contributed by atoms with E-state index in [2.05, 4.69) is 16.8 Å². The van der Waals surface area contributed by atoms with Crippen molar-refractivity contribution < 1.29 is 19.4 Å². The van der Waals surface area contributed by atoms with Crippen molar-refractivity contribution in [3.8, 4) is 5.75 Å². The number of rotatable bonds is 13. The zero-order valence-electron chi connectivity index (χ0n) is 21.0. The van der Waals surface area contributed by atoms with Crippen LogP contribution in [0.3, 0.4) is 0 Å². The molecule has 6 nitrogen and oxygen atoms in total. The van der Waals surface area contributed by atoms with Crippen molar-refractivity contribution in [3.05, 3.63) is 76.6 Å². The van der Waals surface area contributed by atoms with Gasteiger partial charge in [0.05, 0.1) is 13.7 Å². The van der Waals surface area contributed by atoms with Gasteiger partial charge in [0.15, 0.2) is 0 Å². The molecule has 0 aliphatic rings. The fraction of sp³-hybridized carbons (Fsp3) is 0.333. The largest absolute Gasteiger partial charge is 0.497 e. The summed E-state index contributed by atoms with van der Waals surface area (Å²) in [5.41, 5.74) is 2.72. The number of carbonyl (C=O) groups is 2. The first-order valence-corrected chi connectivity index (χ1v) is 12.9. The van der Waals surface area contributed by atoms with Crippen LogP contribution in [0.25, 0.3) is 0 Å². The number of aliphatic carboxylic acids is 1. The molecule has 0 aromatic heterocycles. The molecule has 2 rings (SSSR count). The van der Waals surface area contributed by atoms with E-state index in [1.54, 1.807) is 38.1 Å². The van der Waals surface area contributed by atoms with Crippen LogP contribution in [0.5, 0.6) is 5.75 Å². The van der Waals surface area contributed by atoms with E-state index in [1.807, 2.05) is 62.4 Å². The van der Waals surface area contributed by atoms with E-state index in [-0.39, 0.29) is 12.5 Å². The molecule has 0 fully saturated rings. The van der Waals surface area contributed by atoms with Gasteiger partial charge in [0, 0.05) is 23.7 Å². The maximum atomic E-state index is 12.9. The average molecular weight is 515 g/mol. The van der Waals surface area contributed by atoms with E-state index in [0.717, 1.165) is 32.4 Å². The van der Waals surface area contributed by atoms with Crippen LogP contribution in [-0.4, -0.2) is 46.8 Å². The molecule has 8 heteroatoms. The van der Waals surface area contributed by atoms with Crippen molar-refractivity contribution >= 4 is 41.1 Å². The lowest BCUT2D eigenvalue weighted by Gasteiger charge is -2.23. The first-order valence-electron chi connectivity index (χ1n) is 11.2. The van der Waals surface area contributed by atoms with Gasteiger partial charge in [0.2, 0.25) is 5.91 Å². The van der Waals surface area contributed by atoms with Crippen LogP contribution in [0.2, 0.25) is 0 Å². The molecule has 0 radical (unpaired) electrons. The van der Waals surface area contributed by atoms with Crippen molar-refractivity contribution in [3.63, 3.8) is 0 Å². The molecule has 0 heterocycles. The van der Waals surface area contributed by atoms with E-state index in [0.29, 0.717) is 13.1 Å². The van der Waals surface area contributed by atoms with Crippen LogP contribution < -0.4 is 10.1 Å². The highest BCUT2D eigenvalue weighted by Crippen LogP contribution is 2.33. The number of amides is 1. The van der Waals surface area contributed by atoms with Gasteiger partial charge in [-0.05, 0) is 79.5 Å². The third kappa shape index (κ3) is 9.12. The Morgan fingerprint density at radius 3 is 2.40 bits per heavy atom. The Bertz CT molecular complexity index is 1070. The minimum Gasteiger partial charge on any atom is -0.497 e. The number of nitrogens with zero attached hydrogens (tertiary/aromatic N) is 1. The van der Waals surface area contributed by atoms with Crippen LogP contribution in [0, 0.1) is 6.92 Å². The second-order valence-corrected chi connectivity index (χ2v) is 11.3. The van der Waals surface area contributed by atoms with Gasteiger partial charge in [-0.25, -0.2) is 0 Å². The second kappa shape index (κ2) is 13.4. The standard InChI is InChI=1S/C27H34N2O4S2/c1-7-22(34-8-2)17-29(18-25(30)28-24-14-11-21(33-6)15-19(24)3)16-20-9-12-23(13-10-20)35-27(4,5)26(31)32/h7-15H,2,16-18H2,1,3-6H3,(H,28,30)(H,31,32)/b22-7-. The molecule has 188 valence electrons. The molecular weight excluding hydrogens is 480 g/mol. The van der Waals surface area contributed by atoms with Gasteiger partial charge in [0.25, 0.3) is 0 Å². The summed E-state index contributed by atoms with van der Waals surface area (Å²) >= 11 is 2.85. The van der Waals surface area contributed by atoms with Gasteiger partial charge in [-0.15, -0.1) is 23.5 Å². The number of carboxylic acids is 1. The normalized spacial score (nSPS) is 11.9. The molecule has 0 spiro atoms. The number of nitrogens with one attached hydrogen (secondary N) is 1. The molecule has 2 aromatic carbocycles. The van der Waals surface area contributed by atoms with Crippen molar-refractivity contribution in [1.29, 1.82) is 0 Å². The number of aryl methyl sites for hydroxylation is 1. The molecule has 1 amide bonds. The number of thioether (sulfide) groups is 2. The van der Waals surface area contributed by atoms with E-state index >= 15 is 0 Å². The number of hydrogen-bond acceptors (Lipinski definition) is 6. The summed E-state index contributed by atoms with van der Waals surface area (Å²) in [6.07, 6.45) is 2.03. The number of hydrogen-bond donors (Lipinski definition) is 2. The molecule has 0 aliphatic carbocycles. The molecule has 0 aliphatic heterocycles. The highest BCUT2D eigenvalue weighted by Gasteiger charge is 2.28. The predicted octanol–water partition coefficient (Wildman–Crippen LogP) is 6.18. The number of allylic oxidation sites excluding steroid dienone is 1. The lowest BCUT2D eigenvalue weighted by atomic mass is 10.2. The number of carboxylic acid groups (broad SMARTS) is 1. The topological polar surface area (TPSA) is 78.9 Å². The van der Waals surface area contributed by atoms with Crippen LogP contribution >= 0.6 is 23.5 Å². The summed E-state index contributed by atoms with van der Waals surface area (Å²) in [5.74, 6) is -0.211. The molecule has 2 N–H and O–H groups in total. The summed E-state index contributed by atoms with van der Waals surface area (Å²) in [7, 11) is 1.61. The Balaban J connectivity index is 2.14. The lowest BCUT2D eigenvalue weighted by Crippen LogP contribution is -2.34. The Morgan fingerprint density at radius 2 is 1.86 bits per heavy atom. The molecular formula is C27H34N2O4S2. The Hall–Kier alpha value is -2.68. The quantitative estimate of drug-likeness (QED) is 0.309. The number of methoxy groups -OCH3 is 1. The summed E-state index contributed by atoms with van der Waals surface area (Å²) < 4.78 is 4.33. The Kier molecular flexibility index (Phi) is 10.9. The maximum Gasteiger partial charge on any atom is 0.319 e. The van der Waals surface area contributed by atoms with E-state index in [1.165, 1.54) is 11.8 Å². The molecule has 0 saturated heterocycles. The molecule has 35 heavy (non-hydrogen) atoms. The summed E-state index contributed by atoms with van der Waals surface area (Å²) in [6, 6.07) is 13.4. The van der Waals surface area contributed by atoms with Gasteiger partial charge < -0.3 is 15.2 Å². The van der Waals surface area contributed by atoms with Crippen molar-refractivity contribution in [2.45, 2.75) is 43.9 Å². The SMILES string of the molecule is C=CS/C(=C\C)CN(CC(=O)Nc1ccc(OC)cc1C)Cc1ccc(SC(C)(C)C(=O)O)cc1. The van der Waals surface area contributed by atoms with Crippen LogP contribution in [0.15, 0.2) is 70.3 Å². The van der Waals surface area contributed by atoms with Crippen LogP contribution in [0.1, 0.15) is 31.9 Å². The van der Waals surface area contributed by atoms with Gasteiger partial charge in [-0.1, -0.05) is 24.8 Å². The van der Waals surface area contributed by atoms with Crippen molar-refractivity contribution in [1.82, 2.24) is 4.90 Å². The van der Waals surface area contributed by atoms with Crippen LogP contribution in [0.4, 0.5) is 5.69 Å². The number of ether oxygens (including phenoxy) is 1. The van der Waals surface area contributed by atoms with E-state index in [9.17, 15) is 14.7 Å². The van der Waals surface area contributed by atoms with Crippen molar-refractivity contribution in [2.24, 2.45) is 0 Å². The summed E-state index contributed by atoms with van der Waals surface area (Å²) in [6.45, 7) is 12.5. The fourth-order valence-corrected chi connectivity index (χ4v) is 4.80. The molecule has 0 atom stereocenters.